The van der Waals surface area contributed by atoms with E-state index in [1.165, 1.54) is 6.26 Å². The standard InChI is InChI=1S/C13H21NO3S/c1-4-13(2,10-15)9-14-11-7-5-6-8-12(11)18(3,16)17/h5-8,14-15H,4,9-10H2,1-3H3. The van der Waals surface area contributed by atoms with Crippen molar-refractivity contribution in [1.82, 2.24) is 0 Å². The molecule has 5 heteroatoms. The Morgan fingerprint density at radius 2 is 1.94 bits per heavy atom. The molecular weight excluding hydrogens is 250 g/mol. The Morgan fingerprint density at radius 1 is 1.33 bits per heavy atom. The fourth-order valence-corrected chi connectivity index (χ4v) is 2.40. The van der Waals surface area contributed by atoms with Crippen LogP contribution in [0.5, 0.6) is 0 Å². The summed E-state index contributed by atoms with van der Waals surface area (Å²) in [5.74, 6) is 0. The smallest absolute Gasteiger partial charge is 0.177 e. The molecule has 0 saturated heterocycles. The normalized spacial score (nSPS) is 15.1. The minimum Gasteiger partial charge on any atom is -0.396 e. The van der Waals surface area contributed by atoms with E-state index in [2.05, 4.69) is 5.32 Å². The maximum absolute atomic E-state index is 11.6. The van der Waals surface area contributed by atoms with Crippen LogP contribution in [0.1, 0.15) is 20.3 Å². The molecule has 0 radical (unpaired) electrons. The van der Waals surface area contributed by atoms with Gasteiger partial charge in [-0.05, 0) is 18.6 Å². The Kier molecular flexibility index (Phi) is 4.76. The van der Waals surface area contributed by atoms with Crippen LogP contribution >= 0.6 is 0 Å². The lowest BCUT2D eigenvalue weighted by Gasteiger charge is -2.26. The largest absolute Gasteiger partial charge is 0.396 e. The molecule has 0 aromatic heterocycles. The average Bonchev–Trinajstić information content (AvgIpc) is 2.35. The molecule has 18 heavy (non-hydrogen) atoms. The van der Waals surface area contributed by atoms with Crippen LogP contribution in [-0.4, -0.2) is 32.9 Å². The van der Waals surface area contributed by atoms with Gasteiger partial charge >= 0.3 is 0 Å². The molecule has 0 spiro atoms. The predicted octanol–water partition coefficient (Wildman–Crippen LogP) is 1.91. The van der Waals surface area contributed by atoms with Crippen molar-refractivity contribution in [2.45, 2.75) is 25.2 Å². The summed E-state index contributed by atoms with van der Waals surface area (Å²) in [6, 6.07) is 6.82. The molecule has 1 unspecified atom stereocenters. The van der Waals surface area contributed by atoms with E-state index in [9.17, 15) is 13.5 Å². The topological polar surface area (TPSA) is 66.4 Å². The molecule has 0 heterocycles. The fourth-order valence-electron chi connectivity index (χ4n) is 1.54. The number of rotatable bonds is 6. The van der Waals surface area contributed by atoms with Gasteiger partial charge in [0.2, 0.25) is 0 Å². The zero-order chi connectivity index (χ0) is 13.8. The lowest BCUT2D eigenvalue weighted by atomic mass is 9.88. The lowest BCUT2D eigenvalue weighted by molar-refractivity contribution is 0.149. The number of benzene rings is 1. The predicted molar refractivity (Wildman–Crippen MR) is 73.5 cm³/mol. The van der Waals surface area contributed by atoms with E-state index >= 15 is 0 Å². The summed E-state index contributed by atoms with van der Waals surface area (Å²) in [5, 5.41) is 12.5. The molecule has 2 N–H and O–H groups in total. The number of anilines is 1. The van der Waals surface area contributed by atoms with Crippen molar-refractivity contribution >= 4 is 15.5 Å². The van der Waals surface area contributed by atoms with Crippen LogP contribution in [0.4, 0.5) is 5.69 Å². The van der Waals surface area contributed by atoms with Crippen molar-refractivity contribution in [1.29, 1.82) is 0 Å². The minimum atomic E-state index is -3.24. The summed E-state index contributed by atoms with van der Waals surface area (Å²) in [6.07, 6.45) is 2.01. The zero-order valence-electron chi connectivity index (χ0n) is 11.1. The van der Waals surface area contributed by atoms with Gasteiger partial charge in [0, 0.05) is 18.2 Å². The Morgan fingerprint density at radius 3 is 2.44 bits per heavy atom. The summed E-state index contributed by atoms with van der Waals surface area (Å²) in [6.45, 7) is 4.56. The van der Waals surface area contributed by atoms with Gasteiger partial charge in [-0.3, -0.25) is 0 Å². The van der Waals surface area contributed by atoms with Crippen LogP contribution in [0.25, 0.3) is 0 Å². The first-order valence-electron chi connectivity index (χ1n) is 5.96. The molecule has 0 fully saturated rings. The highest BCUT2D eigenvalue weighted by Crippen LogP contribution is 2.25. The fraction of sp³-hybridized carbons (Fsp3) is 0.538. The minimum absolute atomic E-state index is 0.0670. The molecular formula is C13H21NO3S. The molecule has 4 nitrogen and oxygen atoms in total. The molecule has 0 amide bonds. The second-order valence-electron chi connectivity index (χ2n) is 4.94. The quantitative estimate of drug-likeness (QED) is 0.829. The van der Waals surface area contributed by atoms with Crippen LogP contribution in [0, 0.1) is 5.41 Å². The third-order valence-electron chi connectivity index (χ3n) is 3.23. The number of aliphatic hydroxyl groups excluding tert-OH is 1. The van der Waals surface area contributed by atoms with Crippen LogP contribution in [0.2, 0.25) is 0 Å². The van der Waals surface area contributed by atoms with Crippen LogP contribution in [0.3, 0.4) is 0 Å². The van der Waals surface area contributed by atoms with Gasteiger partial charge in [0.05, 0.1) is 17.2 Å². The number of para-hydroxylation sites is 1. The number of hydrogen-bond acceptors (Lipinski definition) is 4. The van der Waals surface area contributed by atoms with E-state index in [0.717, 1.165) is 6.42 Å². The highest BCUT2D eigenvalue weighted by Gasteiger charge is 2.21. The number of sulfone groups is 1. The maximum atomic E-state index is 11.6. The van der Waals surface area contributed by atoms with E-state index in [0.29, 0.717) is 17.1 Å². The van der Waals surface area contributed by atoms with Gasteiger partial charge in [0.15, 0.2) is 9.84 Å². The monoisotopic (exact) mass is 271 g/mol. The van der Waals surface area contributed by atoms with Crippen molar-refractivity contribution < 1.29 is 13.5 Å². The first-order valence-corrected chi connectivity index (χ1v) is 7.85. The zero-order valence-corrected chi connectivity index (χ0v) is 11.9. The maximum Gasteiger partial charge on any atom is 0.177 e. The van der Waals surface area contributed by atoms with Crippen LogP contribution in [0.15, 0.2) is 29.2 Å². The molecule has 0 bridgehead atoms. The van der Waals surface area contributed by atoms with Crippen molar-refractivity contribution in [2.75, 3.05) is 24.7 Å². The van der Waals surface area contributed by atoms with Crippen LogP contribution in [-0.2, 0) is 9.84 Å². The van der Waals surface area contributed by atoms with Crippen LogP contribution < -0.4 is 5.32 Å². The molecule has 0 aliphatic heterocycles. The average molecular weight is 271 g/mol. The second kappa shape index (κ2) is 5.71. The molecule has 102 valence electrons. The molecule has 1 atom stereocenters. The van der Waals surface area contributed by atoms with E-state index in [1.54, 1.807) is 24.3 Å². The van der Waals surface area contributed by atoms with E-state index in [1.807, 2.05) is 13.8 Å². The van der Waals surface area contributed by atoms with Gasteiger partial charge in [0.25, 0.3) is 0 Å². The van der Waals surface area contributed by atoms with Crippen molar-refractivity contribution in [3.63, 3.8) is 0 Å². The Balaban J connectivity index is 2.93. The molecule has 1 aromatic carbocycles. The van der Waals surface area contributed by atoms with Crippen molar-refractivity contribution in [3.8, 4) is 0 Å². The summed E-state index contributed by atoms with van der Waals surface area (Å²) >= 11 is 0. The number of hydrogen-bond donors (Lipinski definition) is 2. The Hall–Kier alpha value is -1.07. The molecule has 1 aromatic rings. The van der Waals surface area contributed by atoms with Gasteiger partial charge in [0.1, 0.15) is 0 Å². The molecule has 0 aliphatic carbocycles. The van der Waals surface area contributed by atoms with E-state index in [4.69, 9.17) is 0 Å². The summed E-state index contributed by atoms with van der Waals surface area (Å²) < 4.78 is 23.3. The van der Waals surface area contributed by atoms with E-state index < -0.39 is 9.84 Å². The Bertz CT molecular complexity index is 493. The number of nitrogens with one attached hydrogen (secondary N) is 1. The third kappa shape index (κ3) is 3.71. The number of aliphatic hydroxyl groups is 1. The first kappa shape index (κ1) is 15.0. The Labute approximate surface area is 109 Å². The second-order valence-corrected chi connectivity index (χ2v) is 6.93. The molecule has 0 aliphatic rings. The highest BCUT2D eigenvalue weighted by atomic mass is 32.2. The first-order chi connectivity index (χ1) is 8.32. The van der Waals surface area contributed by atoms with Gasteiger partial charge < -0.3 is 10.4 Å². The van der Waals surface area contributed by atoms with Crippen molar-refractivity contribution in [3.05, 3.63) is 24.3 Å². The molecule has 1 rings (SSSR count). The summed E-state index contributed by atoms with van der Waals surface area (Å²) in [4.78, 5) is 0.293. The van der Waals surface area contributed by atoms with Gasteiger partial charge in [-0.1, -0.05) is 26.0 Å². The van der Waals surface area contributed by atoms with Gasteiger partial charge in [-0.15, -0.1) is 0 Å². The summed E-state index contributed by atoms with van der Waals surface area (Å²) in [7, 11) is -3.24. The lowest BCUT2D eigenvalue weighted by Crippen LogP contribution is -2.30. The SMILES string of the molecule is CCC(C)(CO)CNc1ccccc1S(C)(=O)=O. The van der Waals surface area contributed by atoms with Gasteiger partial charge in [-0.25, -0.2) is 8.42 Å². The third-order valence-corrected chi connectivity index (χ3v) is 4.38. The van der Waals surface area contributed by atoms with Gasteiger partial charge in [-0.2, -0.15) is 0 Å². The molecule has 0 saturated carbocycles. The van der Waals surface area contributed by atoms with E-state index in [-0.39, 0.29) is 12.0 Å². The van der Waals surface area contributed by atoms with Crippen molar-refractivity contribution in [2.24, 2.45) is 5.41 Å². The highest BCUT2D eigenvalue weighted by molar-refractivity contribution is 7.90. The summed E-state index contributed by atoms with van der Waals surface area (Å²) in [5.41, 5.74) is 0.345.